The number of benzene rings is 1. The molecule has 0 radical (unpaired) electrons. The number of thioether (sulfide) groups is 1. The van der Waals surface area contributed by atoms with E-state index in [1.807, 2.05) is 32.5 Å². The van der Waals surface area contributed by atoms with E-state index in [2.05, 4.69) is 35.2 Å². The Morgan fingerprint density at radius 2 is 2.05 bits per heavy atom. The van der Waals surface area contributed by atoms with Crippen molar-refractivity contribution in [3.8, 4) is 0 Å². The molecule has 4 heteroatoms. The Bertz CT molecular complexity index is 432. The summed E-state index contributed by atoms with van der Waals surface area (Å²) in [7, 11) is 0. The van der Waals surface area contributed by atoms with E-state index in [1.54, 1.807) is 0 Å². The third kappa shape index (κ3) is 6.69. The van der Waals surface area contributed by atoms with Crippen molar-refractivity contribution < 1.29 is 9.84 Å². The van der Waals surface area contributed by atoms with Crippen LogP contribution in [0.2, 0.25) is 0 Å². The van der Waals surface area contributed by atoms with Crippen molar-refractivity contribution in [2.24, 2.45) is 5.92 Å². The van der Waals surface area contributed by atoms with Gasteiger partial charge in [-0.05, 0) is 51.8 Å². The Kier molecular flexibility index (Phi) is 6.75. The Hall–Kier alpha value is -0.550. The van der Waals surface area contributed by atoms with Gasteiger partial charge in [0.25, 0.3) is 0 Å². The zero-order chi connectivity index (χ0) is 16.0. The second-order valence-corrected chi connectivity index (χ2v) is 8.21. The van der Waals surface area contributed by atoms with E-state index < -0.39 is 0 Å². The van der Waals surface area contributed by atoms with Crippen molar-refractivity contribution in [3.63, 3.8) is 0 Å². The number of likely N-dealkylation sites (tertiary alicyclic amines) is 1. The molecule has 2 atom stereocenters. The topological polar surface area (TPSA) is 32.7 Å². The zero-order valence-electron chi connectivity index (χ0n) is 14.0. The minimum absolute atomic E-state index is 0.180. The van der Waals surface area contributed by atoms with Crippen LogP contribution in [0.3, 0.4) is 0 Å². The molecule has 0 aromatic heterocycles. The van der Waals surface area contributed by atoms with Crippen molar-refractivity contribution in [1.29, 1.82) is 0 Å². The van der Waals surface area contributed by atoms with Gasteiger partial charge in [-0.25, -0.2) is 0 Å². The first-order valence-corrected chi connectivity index (χ1v) is 9.13. The van der Waals surface area contributed by atoms with E-state index in [-0.39, 0.29) is 11.7 Å². The number of nitrogens with zero attached hydrogens (tertiary/aromatic N) is 1. The van der Waals surface area contributed by atoms with Crippen molar-refractivity contribution in [2.75, 3.05) is 32.0 Å². The molecule has 0 aliphatic carbocycles. The first kappa shape index (κ1) is 17.8. The average molecular weight is 324 g/mol. The molecule has 0 amide bonds. The van der Waals surface area contributed by atoms with Crippen LogP contribution in [-0.2, 0) is 4.74 Å². The smallest absolute Gasteiger partial charge is 0.0900 e. The van der Waals surface area contributed by atoms with E-state index in [1.165, 1.54) is 11.3 Å². The molecule has 0 bridgehead atoms. The lowest BCUT2D eigenvalue weighted by atomic mass is 10.2. The van der Waals surface area contributed by atoms with Crippen LogP contribution < -0.4 is 0 Å². The molecular formula is C18H29NO2S. The minimum Gasteiger partial charge on any atom is -0.389 e. The summed E-state index contributed by atoms with van der Waals surface area (Å²) in [4.78, 5) is 3.71. The second-order valence-electron chi connectivity index (χ2n) is 7.12. The molecule has 1 heterocycles. The number of aliphatic hydroxyl groups excluding tert-OH is 1. The lowest BCUT2D eigenvalue weighted by Gasteiger charge is -2.24. The molecule has 1 aliphatic rings. The predicted octanol–water partition coefficient (Wildman–Crippen LogP) is 3.28. The largest absolute Gasteiger partial charge is 0.389 e. The predicted molar refractivity (Wildman–Crippen MR) is 93.4 cm³/mol. The number of ether oxygens (including phenoxy) is 1. The molecule has 124 valence electrons. The monoisotopic (exact) mass is 323 g/mol. The van der Waals surface area contributed by atoms with Gasteiger partial charge in [0.15, 0.2) is 0 Å². The van der Waals surface area contributed by atoms with Gasteiger partial charge >= 0.3 is 0 Å². The Balaban J connectivity index is 1.65. The highest BCUT2D eigenvalue weighted by Gasteiger charge is 2.24. The normalized spacial score (nSPS) is 21.2. The first-order chi connectivity index (χ1) is 10.4. The fourth-order valence-electron chi connectivity index (χ4n) is 2.64. The third-order valence-corrected chi connectivity index (χ3v) is 5.02. The Labute approximate surface area is 139 Å². The second kappa shape index (κ2) is 8.34. The maximum atomic E-state index is 10.1. The van der Waals surface area contributed by atoms with Gasteiger partial charge in [-0.15, -0.1) is 11.8 Å². The number of hydrogen-bond acceptors (Lipinski definition) is 4. The van der Waals surface area contributed by atoms with Crippen LogP contribution in [0, 0.1) is 5.92 Å². The van der Waals surface area contributed by atoms with E-state index in [4.69, 9.17) is 4.74 Å². The Morgan fingerprint density at radius 3 is 2.73 bits per heavy atom. The third-order valence-electron chi connectivity index (χ3n) is 3.78. The van der Waals surface area contributed by atoms with Crippen molar-refractivity contribution in [2.45, 2.75) is 43.8 Å². The number of rotatable bonds is 7. The number of hydrogen-bond donors (Lipinski definition) is 1. The highest BCUT2D eigenvalue weighted by atomic mass is 32.2. The molecule has 1 N–H and O–H groups in total. The molecule has 0 saturated carbocycles. The van der Waals surface area contributed by atoms with Gasteiger partial charge < -0.3 is 14.7 Å². The van der Waals surface area contributed by atoms with Crippen LogP contribution in [0.15, 0.2) is 35.2 Å². The maximum Gasteiger partial charge on any atom is 0.0900 e. The quantitative estimate of drug-likeness (QED) is 0.781. The average Bonchev–Trinajstić information content (AvgIpc) is 2.91. The van der Waals surface area contributed by atoms with Gasteiger partial charge in [-0.2, -0.15) is 0 Å². The van der Waals surface area contributed by atoms with Crippen LogP contribution >= 0.6 is 11.8 Å². The summed E-state index contributed by atoms with van der Waals surface area (Å²) in [6.45, 7) is 9.39. The van der Waals surface area contributed by atoms with Gasteiger partial charge in [0, 0.05) is 23.7 Å². The summed E-state index contributed by atoms with van der Waals surface area (Å²) in [6, 6.07) is 10.6. The molecular weight excluding hydrogens is 294 g/mol. The SMILES string of the molecule is CC(C)(C)OCC(O)CN1CCC(CSc2ccccc2)C1. The van der Waals surface area contributed by atoms with Crippen molar-refractivity contribution in [1.82, 2.24) is 4.90 Å². The molecule has 1 aromatic rings. The van der Waals surface area contributed by atoms with Gasteiger partial charge in [-0.1, -0.05) is 18.2 Å². The molecule has 3 nitrogen and oxygen atoms in total. The highest BCUT2D eigenvalue weighted by Crippen LogP contribution is 2.25. The van der Waals surface area contributed by atoms with Gasteiger partial charge in [0.2, 0.25) is 0 Å². The van der Waals surface area contributed by atoms with Crippen molar-refractivity contribution in [3.05, 3.63) is 30.3 Å². The van der Waals surface area contributed by atoms with E-state index in [0.717, 1.165) is 31.3 Å². The summed E-state index contributed by atoms with van der Waals surface area (Å²) < 4.78 is 5.65. The van der Waals surface area contributed by atoms with Gasteiger partial charge in [0.1, 0.15) is 0 Å². The lowest BCUT2D eigenvalue weighted by Crippen LogP contribution is -2.36. The summed E-state index contributed by atoms with van der Waals surface area (Å²) in [5.74, 6) is 1.88. The van der Waals surface area contributed by atoms with Crippen LogP contribution in [0.4, 0.5) is 0 Å². The fourth-order valence-corrected chi connectivity index (χ4v) is 3.69. The summed E-state index contributed by atoms with van der Waals surface area (Å²) in [5, 5.41) is 10.1. The van der Waals surface area contributed by atoms with Gasteiger partial charge in [-0.3, -0.25) is 0 Å². The summed E-state index contributed by atoms with van der Waals surface area (Å²) in [6.07, 6.45) is 0.840. The maximum absolute atomic E-state index is 10.1. The van der Waals surface area contributed by atoms with Crippen molar-refractivity contribution >= 4 is 11.8 Å². The van der Waals surface area contributed by atoms with E-state index in [9.17, 15) is 5.11 Å². The van der Waals surface area contributed by atoms with Gasteiger partial charge in [0.05, 0.1) is 18.3 Å². The van der Waals surface area contributed by atoms with E-state index >= 15 is 0 Å². The molecule has 2 unspecified atom stereocenters. The Morgan fingerprint density at radius 1 is 1.32 bits per heavy atom. The molecule has 0 spiro atoms. The lowest BCUT2D eigenvalue weighted by molar-refractivity contribution is -0.0549. The molecule has 22 heavy (non-hydrogen) atoms. The molecule has 1 fully saturated rings. The van der Waals surface area contributed by atoms with E-state index in [0.29, 0.717) is 6.61 Å². The number of β-amino-alcohol motifs (C(OH)–C–C–N with tert-alkyl or cyclic N) is 1. The van der Waals surface area contributed by atoms with Crippen LogP contribution in [0.1, 0.15) is 27.2 Å². The van der Waals surface area contributed by atoms with Crippen LogP contribution in [0.5, 0.6) is 0 Å². The molecule has 2 rings (SSSR count). The molecule has 1 aromatic carbocycles. The summed E-state index contributed by atoms with van der Waals surface area (Å²) >= 11 is 1.94. The van der Waals surface area contributed by atoms with Crippen LogP contribution in [0.25, 0.3) is 0 Å². The van der Waals surface area contributed by atoms with Crippen LogP contribution in [-0.4, -0.2) is 53.7 Å². The number of aliphatic hydroxyl groups is 1. The molecule has 1 aliphatic heterocycles. The standard InChI is InChI=1S/C18H29NO2S/c1-18(2,3)21-13-16(20)12-19-10-9-15(11-19)14-22-17-7-5-4-6-8-17/h4-8,15-16,20H,9-14H2,1-3H3. The zero-order valence-corrected chi connectivity index (χ0v) is 14.8. The highest BCUT2D eigenvalue weighted by molar-refractivity contribution is 7.99. The minimum atomic E-state index is -0.389. The summed E-state index contributed by atoms with van der Waals surface area (Å²) in [5.41, 5.74) is -0.180. The first-order valence-electron chi connectivity index (χ1n) is 8.14. The fraction of sp³-hybridized carbons (Fsp3) is 0.667. The molecule has 1 saturated heterocycles.